The maximum atomic E-state index is 12.2. The molecule has 1 aliphatic carbocycles. The summed E-state index contributed by atoms with van der Waals surface area (Å²) < 4.78 is 73.7. The summed E-state index contributed by atoms with van der Waals surface area (Å²) in [5.41, 5.74) is 8.78. The molecule has 0 atom stereocenters. The number of anilines is 1. The highest BCUT2D eigenvalue weighted by atomic mass is 32.2. The topological polar surface area (TPSA) is 252 Å². The summed E-state index contributed by atoms with van der Waals surface area (Å²) in [6, 6.07) is 7.87. The minimum Gasteiger partial charge on any atom is -0.478 e. The summed E-state index contributed by atoms with van der Waals surface area (Å²) in [4.78, 5) is 21.7. The van der Waals surface area contributed by atoms with Gasteiger partial charge in [0.05, 0.1) is 16.6 Å². The quantitative estimate of drug-likeness (QED) is 0.122. The fourth-order valence-electron chi connectivity index (χ4n) is 3.89. The number of hydrogen-bond donors (Lipinski definition) is 6. The van der Waals surface area contributed by atoms with Gasteiger partial charge in [-0.3, -0.25) is 19.3 Å². The molecule has 2 aromatic carbocycles. The normalized spacial score (nSPS) is 12.2. The second-order valence-electron chi connectivity index (χ2n) is 7.54. The first-order valence-electron chi connectivity index (χ1n) is 9.62. The van der Waals surface area contributed by atoms with Gasteiger partial charge in [0.25, 0.3) is 20.2 Å². The van der Waals surface area contributed by atoms with Crippen LogP contribution in [0.1, 0.15) is 20.7 Å². The number of nitrogens with two attached hydrogens (primary N) is 2. The van der Waals surface area contributed by atoms with Crippen LogP contribution in [0, 0.1) is 5.41 Å². The van der Waals surface area contributed by atoms with Gasteiger partial charge in [-0.15, -0.1) is 0 Å². The molecule has 13 nitrogen and oxygen atoms in total. The molecular formula is C21H15N3O10S2. The van der Waals surface area contributed by atoms with Crippen LogP contribution in [-0.2, 0) is 20.2 Å². The molecule has 186 valence electrons. The number of amides is 1. The highest BCUT2D eigenvalue weighted by Crippen LogP contribution is 2.45. The Balaban J connectivity index is 2.37. The first-order valence-corrected chi connectivity index (χ1v) is 12.5. The Morgan fingerprint density at radius 1 is 0.889 bits per heavy atom. The maximum Gasteiger partial charge on any atom is 0.336 e. The number of carbonyl (C=O) groups excluding carboxylic acids is 1. The van der Waals surface area contributed by atoms with Crippen molar-refractivity contribution in [2.24, 2.45) is 5.73 Å². The predicted molar refractivity (Wildman–Crippen MR) is 124 cm³/mol. The Labute approximate surface area is 201 Å². The average Bonchev–Trinajstić information content (AvgIpc) is 2.74. The number of fused-ring (bicyclic) bond motifs is 2. The lowest BCUT2D eigenvalue weighted by atomic mass is 9.89. The Morgan fingerprint density at radius 3 is 2.06 bits per heavy atom. The minimum absolute atomic E-state index is 0.116. The molecule has 36 heavy (non-hydrogen) atoms. The van der Waals surface area contributed by atoms with Crippen molar-refractivity contribution in [3.05, 3.63) is 58.9 Å². The highest BCUT2D eigenvalue weighted by molar-refractivity contribution is 7.86. The Hall–Kier alpha value is -4.31. The minimum atomic E-state index is -5.13. The smallest absolute Gasteiger partial charge is 0.336 e. The van der Waals surface area contributed by atoms with Crippen LogP contribution < -0.4 is 16.8 Å². The molecule has 2 aromatic rings. The molecule has 0 bridgehead atoms. The van der Waals surface area contributed by atoms with Crippen LogP contribution in [0.5, 0.6) is 0 Å². The van der Waals surface area contributed by atoms with Crippen molar-refractivity contribution < 1.29 is 45.1 Å². The molecule has 0 unspecified atom stereocenters. The molecule has 4 rings (SSSR count). The number of aromatic carboxylic acids is 1. The first-order chi connectivity index (χ1) is 16.6. The molecule has 0 spiro atoms. The summed E-state index contributed by atoms with van der Waals surface area (Å²) in [6.07, 6.45) is 0. The van der Waals surface area contributed by atoms with Crippen molar-refractivity contribution in [3.8, 4) is 22.5 Å². The number of nitrogens with one attached hydrogen (secondary N) is 1. The van der Waals surface area contributed by atoms with E-state index in [1.54, 1.807) is 0 Å². The summed E-state index contributed by atoms with van der Waals surface area (Å²) >= 11 is 0. The zero-order chi connectivity index (χ0) is 26.7. The lowest BCUT2D eigenvalue weighted by Crippen LogP contribution is -2.17. The summed E-state index contributed by atoms with van der Waals surface area (Å²) in [7, 11) is -10.2. The fraction of sp³-hybridized carbons (Fsp3) is 0. The fourth-order valence-corrected chi connectivity index (χ4v) is 5.37. The third kappa shape index (κ3) is 3.95. The molecule has 0 aromatic heterocycles. The van der Waals surface area contributed by atoms with Crippen molar-refractivity contribution in [2.75, 3.05) is 5.73 Å². The van der Waals surface area contributed by atoms with E-state index < -0.39 is 69.9 Å². The van der Waals surface area contributed by atoms with E-state index in [1.807, 2.05) is 0 Å². The third-order valence-corrected chi connectivity index (χ3v) is 7.18. The van der Waals surface area contributed by atoms with Crippen LogP contribution in [0.2, 0.25) is 0 Å². The molecule has 0 saturated carbocycles. The van der Waals surface area contributed by atoms with Crippen LogP contribution in [0.3, 0.4) is 0 Å². The van der Waals surface area contributed by atoms with E-state index in [1.165, 1.54) is 24.3 Å². The van der Waals surface area contributed by atoms with Gasteiger partial charge in [-0.05, 0) is 42.0 Å². The summed E-state index contributed by atoms with van der Waals surface area (Å²) in [5.74, 6) is -3.16. The van der Waals surface area contributed by atoms with E-state index in [0.29, 0.717) is 0 Å². The number of primary amides is 1. The van der Waals surface area contributed by atoms with E-state index in [9.17, 15) is 40.6 Å². The van der Waals surface area contributed by atoms with E-state index in [-0.39, 0.29) is 27.6 Å². The Morgan fingerprint density at radius 2 is 1.50 bits per heavy atom. The van der Waals surface area contributed by atoms with Gasteiger partial charge in [-0.25, -0.2) is 4.79 Å². The van der Waals surface area contributed by atoms with E-state index >= 15 is 0 Å². The van der Waals surface area contributed by atoms with Crippen LogP contribution >= 0.6 is 0 Å². The SMILES string of the molecule is N=c1ccc2c(-c3ccc(C(N)=O)cc3C(=O)O)c3ccc(N)c(S(=O)(=O)O)c3oc-2c1S(=O)(=O)O. The number of hydrogen-bond acceptors (Lipinski definition) is 9. The standard InChI is InChI=1S/C21H15N3O10S2/c22-13-5-3-10-15(9-2-1-8(20(24)25)7-12(9)21(26)27)11-4-6-14(23)19(36(31,32)33)17(11)34-16(10)18(13)35(28,29)30/h1-7,22H,23H2,(H2,24,25)(H,26,27)(H,28,29,30)(H,31,32,33). The maximum absolute atomic E-state index is 12.2. The number of benzene rings is 3. The molecule has 8 N–H and O–H groups in total. The molecule has 1 amide bonds. The number of carboxylic acid groups (broad SMARTS) is 1. The van der Waals surface area contributed by atoms with Crippen molar-refractivity contribution in [1.29, 1.82) is 5.41 Å². The van der Waals surface area contributed by atoms with Gasteiger partial charge in [0, 0.05) is 22.1 Å². The van der Waals surface area contributed by atoms with Gasteiger partial charge in [-0.2, -0.15) is 16.8 Å². The zero-order valence-corrected chi connectivity index (χ0v) is 19.3. The van der Waals surface area contributed by atoms with Crippen LogP contribution in [0.25, 0.3) is 33.4 Å². The molecular weight excluding hydrogens is 518 g/mol. The Bertz CT molecular complexity index is 1880. The summed E-state index contributed by atoms with van der Waals surface area (Å²) in [6.45, 7) is 0. The van der Waals surface area contributed by atoms with E-state index in [0.717, 1.165) is 18.2 Å². The molecule has 1 aliphatic heterocycles. The van der Waals surface area contributed by atoms with Crippen molar-refractivity contribution in [1.82, 2.24) is 0 Å². The lowest BCUT2D eigenvalue weighted by Gasteiger charge is -2.20. The zero-order valence-electron chi connectivity index (χ0n) is 17.7. The van der Waals surface area contributed by atoms with Gasteiger partial charge in [0.1, 0.15) is 0 Å². The van der Waals surface area contributed by atoms with Gasteiger partial charge >= 0.3 is 5.97 Å². The van der Waals surface area contributed by atoms with E-state index in [2.05, 4.69) is 0 Å². The van der Waals surface area contributed by atoms with Crippen LogP contribution in [-0.4, -0.2) is 42.9 Å². The monoisotopic (exact) mass is 533 g/mol. The Kier molecular flexibility index (Phi) is 5.60. The van der Waals surface area contributed by atoms with Gasteiger partial charge in [0.2, 0.25) is 5.91 Å². The summed E-state index contributed by atoms with van der Waals surface area (Å²) in [5, 5.41) is 16.9. The van der Waals surface area contributed by atoms with Crippen molar-refractivity contribution >= 4 is 48.8 Å². The van der Waals surface area contributed by atoms with Crippen molar-refractivity contribution in [3.63, 3.8) is 0 Å². The molecule has 0 fully saturated rings. The first kappa shape index (κ1) is 24.8. The lowest BCUT2D eigenvalue weighted by molar-refractivity contribution is 0.0697. The number of nitrogen functional groups attached to an aromatic ring is 1. The highest BCUT2D eigenvalue weighted by Gasteiger charge is 2.31. The van der Waals surface area contributed by atoms with Gasteiger partial charge in [0.15, 0.2) is 21.1 Å². The van der Waals surface area contributed by atoms with E-state index in [4.69, 9.17) is 21.3 Å². The molecule has 15 heteroatoms. The molecule has 2 aliphatic rings. The van der Waals surface area contributed by atoms with Crippen molar-refractivity contribution in [2.45, 2.75) is 9.79 Å². The van der Waals surface area contributed by atoms with Crippen LogP contribution in [0.15, 0.2) is 56.7 Å². The molecule has 0 radical (unpaired) electrons. The molecule has 0 saturated heterocycles. The second kappa shape index (κ2) is 8.13. The number of carbonyl (C=O) groups is 2. The number of carboxylic acids is 1. The largest absolute Gasteiger partial charge is 0.478 e. The number of rotatable bonds is 5. The second-order valence-corrected chi connectivity index (χ2v) is 10.3. The average molecular weight is 533 g/mol. The van der Waals surface area contributed by atoms with Crippen LogP contribution in [0.4, 0.5) is 5.69 Å². The third-order valence-electron chi connectivity index (χ3n) is 5.32. The predicted octanol–water partition coefficient (Wildman–Crippen LogP) is 1.56. The van der Waals surface area contributed by atoms with Gasteiger partial charge in [-0.1, -0.05) is 6.07 Å². The molecule has 1 heterocycles. The van der Waals surface area contributed by atoms with Gasteiger partial charge < -0.3 is 21.0 Å².